The van der Waals surface area contributed by atoms with Crippen molar-refractivity contribution in [3.63, 3.8) is 0 Å². The minimum atomic E-state index is 0. The first kappa shape index (κ1) is 24.5. The minimum Gasteiger partial charge on any atom is -0.496 e. The third kappa shape index (κ3) is 7.76. The second-order valence-corrected chi connectivity index (χ2v) is 5.71. The maximum atomic E-state index is 5.91. The Morgan fingerprint density at radius 2 is 1.48 bits per heavy atom. The molecule has 0 aromatic heterocycles. The number of hydrogen-bond donors (Lipinski definition) is 2. The molecule has 3 N–H and O–H groups in total. The van der Waals surface area contributed by atoms with Crippen molar-refractivity contribution in [1.29, 1.82) is 0 Å². The summed E-state index contributed by atoms with van der Waals surface area (Å²) in [6.45, 7) is 1.33. The molecule has 0 radical (unpaired) electrons. The Bertz CT molecular complexity index is 779. The van der Waals surface area contributed by atoms with Gasteiger partial charge in [-0.2, -0.15) is 0 Å². The van der Waals surface area contributed by atoms with Gasteiger partial charge in [0, 0.05) is 18.2 Å². The molecule has 0 saturated heterocycles. The van der Waals surface area contributed by atoms with Crippen LogP contribution in [0, 0.1) is 0 Å². The van der Waals surface area contributed by atoms with Crippen molar-refractivity contribution in [2.24, 2.45) is 10.7 Å². The van der Waals surface area contributed by atoms with Crippen molar-refractivity contribution < 1.29 is 23.7 Å². The number of benzene rings is 2. The molecule has 0 bridgehead atoms. The van der Waals surface area contributed by atoms with Crippen LogP contribution >= 0.6 is 24.0 Å². The van der Waals surface area contributed by atoms with Crippen LogP contribution in [0.4, 0.5) is 0 Å². The van der Waals surface area contributed by atoms with E-state index in [9.17, 15) is 0 Å². The van der Waals surface area contributed by atoms with Crippen LogP contribution in [0.3, 0.4) is 0 Å². The molecular weight excluding hydrogens is 489 g/mol. The second kappa shape index (κ2) is 12.8. The minimum absolute atomic E-state index is 0. The first-order valence-electron chi connectivity index (χ1n) is 8.70. The molecule has 0 saturated carbocycles. The predicted octanol–water partition coefficient (Wildman–Crippen LogP) is 2.82. The molecule has 0 spiro atoms. The van der Waals surface area contributed by atoms with E-state index in [2.05, 4.69) is 10.3 Å². The second-order valence-electron chi connectivity index (χ2n) is 5.71. The van der Waals surface area contributed by atoms with Crippen LogP contribution in [-0.2, 0) is 6.54 Å². The number of nitrogens with two attached hydrogens (primary N) is 1. The van der Waals surface area contributed by atoms with E-state index in [0.29, 0.717) is 54.4 Å². The van der Waals surface area contributed by atoms with E-state index in [1.165, 1.54) is 0 Å². The van der Waals surface area contributed by atoms with E-state index >= 15 is 0 Å². The average Bonchev–Trinajstić information content (AvgIpc) is 2.74. The van der Waals surface area contributed by atoms with Crippen molar-refractivity contribution in [3.8, 4) is 28.7 Å². The molecule has 0 aliphatic carbocycles. The quantitative estimate of drug-likeness (QED) is 0.217. The van der Waals surface area contributed by atoms with Gasteiger partial charge in [-0.1, -0.05) is 6.07 Å². The lowest BCUT2D eigenvalue weighted by molar-refractivity contribution is 0.315. The summed E-state index contributed by atoms with van der Waals surface area (Å²) in [7, 11) is 6.38. The number of aliphatic imine (C=N–C) groups is 1. The monoisotopic (exact) mass is 517 g/mol. The molecule has 2 aromatic rings. The van der Waals surface area contributed by atoms with Gasteiger partial charge in [-0.3, -0.25) is 0 Å². The van der Waals surface area contributed by atoms with Crippen LogP contribution in [0.15, 0.2) is 41.4 Å². The number of methoxy groups -OCH3 is 4. The van der Waals surface area contributed by atoms with Gasteiger partial charge in [0.25, 0.3) is 0 Å². The summed E-state index contributed by atoms with van der Waals surface area (Å²) in [6, 6.07) is 11.0. The first-order valence-corrected chi connectivity index (χ1v) is 8.70. The summed E-state index contributed by atoms with van der Waals surface area (Å²) in [4.78, 5) is 4.32. The van der Waals surface area contributed by atoms with E-state index in [-0.39, 0.29) is 24.0 Å². The number of nitrogens with zero attached hydrogens (tertiary/aromatic N) is 1. The van der Waals surface area contributed by atoms with Gasteiger partial charge in [0.1, 0.15) is 23.9 Å². The number of hydrogen-bond acceptors (Lipinski definition) is 6. The lowest BCUT2D eigenvalue weighted by atomic mass is 10.2. The highest BCUT2D eigenvalue weighted by Crippen LogP contribution is 2.28. The lowest BCUT2D eigenvalue weighted by Crippen LogP contribution is -2.34. The maximum Gasteiger partial charge on any atom is 0.189 e. The predicted molar refractivity (Wildman–Crippen MR) is 123 cm³/mol. The average molecular weight is 517 g/mol. The molecule has 2 rings (SSSR count). The third-order valence-corrected chi connectivity index (χ3v) is 3.88. The van der Waals surface area contributed by atoms with Crippen molar-refractivity contribution >= 4 is 29.9 Å². The van der Waals surface area contributed by atoms with Gasteiger partial charge >= 0.3 is 0 Å². The Labute approximate surface area is 188 Å². The maximum absolute atomic E-state index is 5.91. The summed E-state index contributed by atoms with van der Waals surface area (Å²) >= 11 is 0. The van der Waals surface area contributed by atoms with Gasteiger partial charge in [-0.25, -0.2) is 4.99 Å². The molecule has 2 aromatic carbocycles. The van der Waals surface area contributed by atoms with Crippen molar-refractivity contribution in [3.05, 3.63) is 42.0 Å². The largest absolute Gasteiger partial charge is 0.496 e. The number of guanidine groups is 1. The Hall–Kier alpha value is -2.56. The topological polar surface area (TPSA) is 96.6 Å². The van der Waals surface area contributed by atoms with E-state index in [1.807, 2.05) is 18.2 Å². The molecule has 160 valence electrons. The van der Waals surface area contributed by atoms with Gasteiger partial charge in [0.15, 0.2) is 17.5 Å². The zero-order chi connectivity index (χ0) is 20.4. The molecule has 29 heavy (non-hydrogen) atoms. The smallest absolute Gasteiger partial charge is 0.189 e. The van der Waals surface area contributed by atoms with Gasteiger partial charge in [-0.15, -0.1) is 24.0 Å². The molecule has 0 aliphatic rings. The van der Waals surface area contributed by atoms with E-state index in [0.717, 1.165) is 5.56 Å². The molecular formula is C20H28IN3O5. The highest BCUT2D eigenvalue weighted by atomic mass is 127. The first-order chi connectivity index (χ1) is 13.6. The fourth-order valence-corrected chi connectivity index (χ4v) is 2.42. The molecule has 9 heteroatoms. The summed E-state index contributed by atoms with van der Waals surface area (Å²) < 4.78 is 26.6. The fourth-order valence-electron chi connectivity index (χ4n) is 2.42. The number of rotatable bonds is 10. The van der Waals surface area contributed by atoms with E-state index in [4.69, 9.17) is 29.4 Å². The summed E-state index contributed by atoms with van der Waals surface area (Å²) in [5.74, 6) is 3.65. The number of nitrogens with one attached hydrogen (secondary N) is 1. The van der Waals surface area contributed by atoms with Gasteiger partial charge in [0.05, 0.1) is 41.5 Å². The highest BCUT2D eigenvalue weighted by Gasteiger charge is 2.05. The zero-order valence-corrected chi connectivity index (χ0v) is 19.4. The zero-order valence-electron chi connectivity index (χ0n) is 17.1. The van der Waals surface area contributed by atoms with Crippen LogP contribution in [-0.4, -0.2) is 47.6 Å². The van der Waals surface area contributed by atoms with Crippen LogP contribution in [0.5, 0.6) is 28.7 Å². The Kier molecular flexibility index (Phi) is 10.8. The summed E-state index contributed by atoms with van der Waals surface area (Å²) in [5, 5.41) is 3.02. The SMILES string of the molecule is COc1cc(OC)cc(OCCNC(N)=NCc2ccc(OC)c(OC)c2)c1.I. The molecule has 0 unspecified atom stereocenters. The van der Waals surface area contributed by atoms with Crippen molar-refractivity contribution in [2.75, 3.05) is 41.6 Å². The number of ether oxygens (including phenoxy) is 5. The molecule has 0 atom stereocenters. The summed E-state index contributed by atoms with van der Waals surface area (Å²) in [5.41, 5.74) is 6.87. The molecule has 0 aliphatic heterocycles. The van der Waals surface area contributed by atoms with Crippen molar-refractivity contribution in [1.82, 2.24) is 5.32 Å². The number of halogens is 1. The normalized spacial score (nSPS) is 10.6. The van der Waals surface area contributed by atoms with Gasteiger partial charge < -0.3 is 34.7 Å². The standard InChI is InChI=1S/C20H27N3O5.HI/c1-24-15-10-16(25-2)12-17(11-15)28-8-7-22-20(21)23-13-14-5-6-18(26-3)19(9-14)27-4;/h5-6,9-12H,7-8,13H2,1-4H3,(H3,21,22,23);1H. The Balaban J connectivity index is 0.00000420. The fraction of sp³-hybridized carbons (Fsp3) is 0.350. The van der Waals surface area contributed by atoms with E-state index < -0.39 is 0 Å². The molecule has 0 heterocycles. The Morgan fingerprint density at radius 1 is 0.862 bits per heavy atom. The van der Waals surface area contributed by atoms with E-state index in [1.54, 1.807) is 46.6 Å². The van der Waals surface area contributed by atoms with Gasteiger partial charge in [0.2, 0.25) is 0 Å². The molecule has 8 nitrogen and oxygen atoms in total. The van der Waals surface area contributed by atoms with Crippen LogP contribution in [0.25, 0.3) is 0 Å². The van der Waals surface area contributed by atoms with Crippen LogP contribution in [0.2, 0.25) is 0 Å². The lowest BCUT2D eigenvalue weighted by Gasteiger charge is -2.11. The van der Waals surface area contributed by atoms with Crippen LogP contribution < -0.4 is 34.7 Å². The summed E-state index contributed by atoms with van der Waals surface area (Å²) in [6.07, 6.45) is 0. The van der Waals surface area contributed by atoms with Crippen LogP contribution in [0.1, 0.15) is 5.56 Å². The molecule has 0 amide bonds. The van der Waals surface area contributed by atoms with Crippen molar-refractivity contribution in [2.45, 2.75) is 6.54 Å². The third-order valence-electron chi connectivity index (χ3n) is 3.88. The molecule has 0 fully saturated rings. The Morgan fingerprint density at radius 3 is 2.07 bits per heavy atom. The van der Waals surface area contributed by atoms with Gasteiger partial charge in [-0.05, 0) is 17.7 Å². The highest BCUT2D eigenvalue weighted by molar-refractivity contribution is 14.0.